The zero-order valence-corrected chi connectivity index (χ0v) is 24.5. The van der Waals surface area contributed by atoms with E-state index in [1.54, 1.807) is 67.8 Å². The summed E-state index contributed by atoms with van der Waals surface area (Å²) >= 11 is 1.51. The summed E-state index contributed by atoms with van der Waals surface area (Å²) in [6.45, 7) is 3.37. The molecule has 0 unspecified atom stereocenters. The predicted molar refractivity (Wildman–Crippen MR) is 156 cm³/mol. The number of amides is 2. The molecule has 10 heteroatoms. The minimum absolute atomic E-state index is 0.0775. The number of carbonyl (C=O) groups is 2. The van der Waals surface area contributed by atoms with E-state index in [2.05, 4.69) is 5.32 Å². The molecule has 0 aliphatic rings. The Kier molecular flexibility index (Phi) is 10.4. The van der Waals surface area contributed by atoms with Gasteiger partial charge in [-0.05, 0) is 73.7 Å². The number of sulfonamides is 1. The van der Waals surface area contributed by atoms with Crippen LogP contribution >= 0.6 is 11.8 Å². The first kappa shape index (κ1) is 30.0. The number of carbonyl (C=O) groups excluding carboxylic acids is 2. The Morgan fingerprint density at radius 2 is 1.59 bits per heavy atom. The largest absolute Gasteiger partial charge is 0.497 e. The number of nitrogens with zero attached hydrogens (tertiary/aromatic N) is 2. The van der Waals surface area contributed by atoms with E-state index in [9.17, 15) is 18.0 Å². The van der Waals surface area contributed by atoms with Crippen molar-refractivity contribution in [3.05, 3.63) is 83.9 Å². The summed E-state index contributed by atoms with van der Waals surface area (Å²) in [7, 11) is -1.02. The van der Waals surface area contributed by atoms with Crippen LogP contribution < -0.4 is 14.4 Å². The van der Waals surface area contributed by atoms with Crippen LogP contribution in [0.2, 0.25) is 0 Å². The highest BCUT2D eigenvalue weighted by Crippen LogP contribution is 2.27. The van der Waals surface area contributed by atoms with E-state index in [4.69, 9.17) is 4.74 Å². The van der Waals surface area contributed by atoms with Gasteiger partial charge < -0.3 is 15.0 Å². The number of aryl methyl sites for hydroxylation is 1. The van der Waals surface area contributed by atoms with Crippen molar-refractivity contribution in [2.24, 2.45) is 0 Å². The average Bonchev–Trinajstić information content (AvgIpc) is 2.96. The van der Waals surface area contributed by atoms with Crippen LogP contribution in [0.5, 0.6) is 5.75 Å². The number of methoxy groups -OCH3 is 1. The molecular weight excluding hydrogens is 534 g/mol. The summed E-state index contributed by atoms with van der Waals surface area (Å²) in [5, 5.41) is 2.63. The number of thioether (sulfide) groups is 1. The van der Waals surface area contributed by atoms with Crippen LogP contribution in [0.4, 0.5) is 5.69 Å². The lowest BCUT2D eigenvalue weighted by Gasteiger charge is -2.33. The molecule has 0 saturated carbocycles. The topological polar surface area (TPSA) is 96.0 Å². The van der Waals surface area contributed by atoms with E-state index in [0.29, 0.717) is 17.9 Å². The third-order valence-electron chi connectivity index (χ3n) is 6.39. The Morgan fingerprint density at radius 1 is 0.974 bits per heavy atom. The molecule has 3 aromatic carbocycles. The molecule has 0 bridgehead atoms. The van der Waals surface area contributed by atoms with Crippen LogP contribution in [0, 0.1) is 6.92 Å². The zero-order chi connectivity index (χ0) is 28.6. The number of nitrogens with one attached hydrogen (secondary N) is 1. The Labute approximate surface area is 235 Å². The van der Waals surface area contributed by atoms with Crippen molar-refractivity contribution in [3.8, 4) is 5.75 Å². The van der Waals surface area contributed by atoms with Crippen LogP contribution in [-0.2, 0) is 26.2 Å². The Hall–Kier alpha value is -3.50. The van der Waals surface area contributed by atoms with Gasteiger partial charge in [-0.25, -0.2) is 8.42 Å². The summed E-state index contributed by atoms with van der Waals surface area (Å²) in [5.74, 6) is -0.151. The second-order valence-electron chi connectivity index (χ2n) is 8.93. The molecule has 0 radical (unpaired) electrons. The summed E-state index contributed by atoms with van der Waals surface area (Å²) in [5.41, 5.74) is 2.10. The van der Waals surface area contributed by atoms with Crippen molar-refractivity contribution in [3.63, 3.8) is 0 Å². The number of benzene rings is 3. The molecule has 208 valence electrons. The maximum atomic E-state index is 13.9. The van der Waals surface area contributed by atoms with Crippen molar-refractivity contribution < 1.29 is 22.7 Å². The number of anilines is 1. The lowest BCUT2D eigenvalue weighted by atomic mass is 10.1. The van der Waals surface area contributed by atoms with Crippen molar-refractivity contribution >= 4 is 39.3 Å². The van der Waals surface area contributed by atoms with Gasteiger partial charge in [0.1, 0.15) is 18.3 Å². The van der Waals surface area contributed by atoms with Crippen LogP contribution in [0.15, 0.2) is 82.6 Å². The highest BCUT2D eigenvalue weighted by Gasteiger charge is 2.33. The predicted octanol–water partition coefficient (Wildman–Crippen LogP) is 4.47. The number of hydrogen-bond acceptors (Lipinski definition) is 6. The first-order chi connectivity index (χ1) is 18.6. The van der Waals surface area contributed by atoms with Gasteiger partial charge >= 0.3 is 0 Å². The first-order valence-electron chi connectivity index (χ1n) is 12.5. The fourth-order valence-electron chi connectivity index (χ4n) is 4.13. The molecule has 3 aromatic rings. The summed E-state index contributed by atoms with van der Waals surface area (Å²) < 4.78 is 34.1. The van der Waals surface area contributed by atoms with E-state index in [0.717, 1.165) is 20.3 Å². The monoisotopic (exact) mass is 569 g/mol. The molecule has 8 nitrogen and oxygen atoms in total. The third-order valence-corrected chi connectivity index (χ3v) is 8.92. The van der Waals surface area contributed by atoms with Crippen molar-refractivity contribution in [2.75, 3.05) is 31.3 Å². The highest BCUT2D eigenvalue weighted by atomic mass is 32.2. The molecular formula is C29H35N3O5S2. The third kappa shape index (κ3) is 7.33. The normalized spacial score (nSPS) is 11.9. The number of rotatable bonds is 12. The molecule has 0 saturated heterocycles. The lowest BCUT2D eigenvalue weighted by Crippen LogP contribution is -2.51. The quantitative estimate of drug-likeness (QED) is 0.323. The first-order valence-corrected chi connectivity index (χ1v) is 15.2. The van der Waals surface area contributed by atoms with Crippen LogP contribution in [0.3, 0.4) is 0 Å². The molecule has 1 atom stereocenters. The van der Waals surface area contributed by atoms with E-state index in [1.807, 2.05) is 32.2 Å². The average molecular weight is 570 g/mol. The van der Waals surface area contributed by atoms with Gasteiger partial charge in [0.15, 0.2) is 0 Å². The maximum absolute atomic E-state index is 13.9. The van der Waals surface area contributed by atoms with Gasteiger partial charge in [0.2, 0.25) is 11.8 Å². The Balaban J connectivity index is 2.04. The SMILES string of the molecule is CC[C@H](C(=O)NC)N(Cc1ccc(OC)cc1)C(=O)CN(c1ccc(C)cc1)S(=O)(=O)c1ccc(SC)cc1. The highest BCUT2D eigenvalue weighted by molar-refractivity contribution is 7.98. The molecule has 0 fully saturated rings. The van der Waals surface area contributed by atoms with E-state index in [1.165, 1.54) is 23.7 Å². The molecule has 39 heavy (non-hydrogen) atoms. The smallest absolute Gasteiger partial charge is 0.264 e. The minimum atomic E-state index is -4.10. The van der Waals surface area contributed by atoms with Crippen LogP contribution in [0.25, 0.3) is 0 Å². The molecule has 0 spiro atoms. The minimum Gasteiger partial charge on any atom is -0.497 e. The van der Waals surface area contributed by atoms with Gasteiger partial charge in [-0.2, -0.15) is 0 Å². The summed E-state index contributed by atoms with van der Waals surface area (Å²) in [6, 6.07) is 19.9. The molecule has 3 rings (SSSR count). The van der Waals surface area contributed by atoms with E-state index < -0.39 is 28.5 Å². The standard InChI is InChI=1S/C29H35N3O5S2/c1-6-27(29(34)30-3)31(19-22-9-13-24(37-4)14-10-22)28(33)20-32(23-11-7-21(2)8-12-23)39(35,36)26-17-15-25(38-5)16-18-26/h7-18,27H,6,19-20H2,1-5H3,(H,30,34)/t27-/m1/s1. The number of likely N-dealkylation sites (N-methyl/N-ethyl adjacent to an activating group) is 1. The number of hydrogen-bond donors (Lipinski definition) is 1. The van der Waals surface area contributed by atoms with Crippen molar-refractivity contribution in [1.29, 1.82) is 0 Å². The molecule has 0 aliphatic heterocycles. The van der Waals surface area contributed by atoms with E-state index in [-0.39, 0.29) is 17.3 Å². The molecule has 0 aliphatic carbocycles. The summed E-state index contributed by atoms with van der Waals surface area (Å²) in [6.07, 6.45) is 2.27. The van der Waals surface area contributed by atoms with Crippen LogP contribution in [-0.4, -0.2) is 58.1 Å². The zero-order valence-electron chi connectivity index (χ0n) is 22.9. The maximum Gasteiger partial charge on any atom is 0.264 e. The Morgan fingerprint density at radius 3 is 2.10 bits per heavy atom. The fourth-order valence-corrected chi connectivity index (χ4v) is 5.95. The Bertz CT molecular complexity index is 1360. The number of ether oxygens (including phenoxy) is 1. The molecule has 0 aromatic heterocycles. The van der Waals surface area contributed by atoms with Gasteiger partial charge in [-0.1, -0.05) is 36.8 Å². The lowest BCUT2D eigenvalue weighted by molar-refractivity contribution is -0.140. The molecule has 0 heterocycles. The molecule has 1 N–H and O–H groups in total. The van der Waals surface area contributed by atoms with Gasteiger partial charge in [0.05, 0.1) is 17.7 Å². The fraction of sp³-hybridized carbons (Fsp3) is 0.310. The van der Waals surface area contributed by atoms with Crippen LogP contribution in [0.1, 0.15) is 24.5 Å². The summed E-state index contributed by atoms with van der Waals surface area (Å²) in [4.78, 5) is 29.2. The van der Waals surface area contributed by atoms with Gasteiger partial charge in [0, 0.05) is 18.5 Å². The second kappa shape index (κ2) is 13.5. The van der Waals surface area contributed by atoms with Crippen molar-refractivity contribution in [2.45, 2.75) is 42.6 Å². The van der Waals surface area contributed by atoms with E-state index >= 15 is 0 Å². The van der Waals surface area contributed by atoms with Gasteiger partial charge in [0.25, 0.3) is 10.0 Å². The van der Waals surface area contributed by atoms with Gasteiger partial charge in [-0.3, -0.25) is 13.9 Å². The molecule has 2 amide bonds. The second-order valence-corrected chi connectivity index (χ2v) is 11.7. The van der Waals surface area contributed by atoms with Gasteiger partial charge in [-0.15, -0.1) is 11.8 Å². The van der Waals surface area contributed by atoms with Crippen molar-refractivity contribution in [1.82, 2.24) is 10.2 Å².